The Morgan fingerprint density at radius 3 is 2.02 bits per heavy atom. The molecule has 80 heavy (non-hydrogen) atoms. The second-order valence-corrected chi connectivity index (χ2v) is 22.4. The van der Waals surface area contributed by atoms with E-state index in [1.54, 1.807) is 23.8 Å². The fourth-order valence-electron chi connectivity index (χ4n) is 10.8. The standard InChI is InChI=1S/C59H103N7O14/c1-17-39(7)54(65(13)58(73)52(37(3)4)62-41(9)53(38(5)6)64(11)12)47(75-14)34-49(69)66-31-23-27-46(66)55(77-16)40(8)56(71)63-45(33-43-25-20-19-21-26-43)57(72)60-30-24-32-78-59(74)42(10)61-48(68)28-22-29-50(70)79-36-51(76-15)80-44(18-2)35-67/h19-21,25-26,37-42,44-47,51-55,62,67H,17-18,22-24,27-36H2,1-16H3,(H,60,72)(H,61,68)(H,63,71)/t39-,40+,41?,42-,44?,45-,46-,47+,51?,52?,53-,54-,55+/m0/s1. The molecule has 1 fully saturated rings. The van der Waals surface area contributed by atoms with Crippen molar-refractivity contribution in [3.8, 4) is 0 Å². The van der Waals surface area contributed by atoms with Gasteiger partial charge in [0.25, 0.3) is 0 Å². The van der Waals surface area contributed by atoms with Crippen LogP contribution < -0.4 is 21.3 Å². The number of hydrogen-bond acceptors (Lipinski definition) is 16. The van der Waals surface area contributed by atoms with E-state index in [2.05, 4.69) is 74.9 Å². The van der Waals surface area contributed by atoms with Crippen LogP contribution in [0.15, 0.2) is 30.3 Å². The van der Waals surface area contributed by atoms with Crippen LogP contribution in [0.25, 0.3) is 0 Å². The van der Waals surface area contributed by atoms with E-state index in [0.29, 0.717) is 31.7 Å². The Balaban J connectivity index is 2.07. The van der Waals surface area contributed by atoms with Crippen LogP contribution >= 0.6 is 0 Å². The second-order valence-electron chi connectivity index (χ2n) is 22.4. The Bertz CT molecular complexity index is 2000. The van der Waals surface area contributed by atoms with E-state index >= 15 is 0 Å². The SMILES string of the molecule is CCC(CO)OC(COC(=O)CCCC(=O)N[C@@H](C)C(=O)OCCCNC(=O)[C@H](Cc1ccccc1)NC(=O)[C@H](C)[C@@H](OC)[C@@H]1CCCN1C(=O)C[C@@H](OC)[C@H]([C@@H](C)CC)N(C)C(=O)C(NC(C)[C@H](C(C)C)N(C)C)C(C)C)OC. The summed E-state index contributed by atoms with van der Waals surface area (Å²) in [6.45, 7) is 19.9. The van der Waals surface area contributed by atoms with Crippen LogP contribution in [-0.2, 0) is 68.4 Å². The van der Waals surface area contributed by atoms with Crippen LogP contribution in [-0.4, -0.2) is 204 Å². The van der Waals surface area contributed by atoms with Gasteiger partial charge in [-0.2, -0.15) is 0 Å². The summed E-state index contributed by atoms with van der Waals surface area (Å²) in [6, 6.07) is 6.22. The number of likely N-dealkylation sites (N-methyl/N-ethyl adjacent to an activating group) is 2. The summed E-state index contributed by atoms with van der Waals surface area (Å²) in [5.41, 5.74) is 0.817. The molecule has 1 aliphatic rings. The van der Waals surface area contributed by atoms with Gasteiger partial charge in [-0.1, -0.05) is 92.1 Å². The third kappa shape index (κ3) is 23.2. The lowest BCUT2D eigenvalue weighted by Gasteiger charge is -2.42. The maximum atomic E-state index is 14.6. The van der Waals surface area contributed by atoms with Crippen molar-refractivity contribution in [2.75, 3.05) is 75.4 Å². The molecule has 4 unspecified atom stereocenters. The molecular weight excluding hydrogens is 1030 g/mol. The maximum Gasteiger partial charge on any atom is 0.328 e. The third-order valence-corrected chi connectivity index (χ3v) is 15.4. The van der Waals surface area contributed by atoms with E-state index in [-0.39, 0.29) is 101 Å². The van der Waals surface area contributed by atoms with E-state index in [1.165, 1.54) is 21.1 Å². The zero-order chi connectivity index (χ0) is 60.2. The van der Waals surface area contributed by atoms with Crippen molar-refractivity contribution in [1.82, 2.24) is 36.0 Å². The average molecular weight is 1130 g/mol. The average Bonchev–Trinajstić information content (AvgIpc) is 3.92. The van der Waals surface area contributed by atoms with Gasteiger partial charge in [-0.15, -0.1) is 0 Å². The molecule has 21 heteroatoms. The summed E-state index contributed by atoms with van der Waals surface area (Å²) in [6.07, 6.45) is 0.486. The number of aliphatic hydroxyl groups is 1. The van der Waals surface area contributed by atoms with Gasteiger partial charge in [0.05, 0.1) is 62.0 Å². The number of nitrogens with zero attached hydrogens (tertiary/aromatic N) is 3. The molecule has 0 aliphatic carbocycles. The number of methoxy groups -OCH3 is 3. The molecule has 1 aromatic carbocycles. The minimum absolute atomic E-state index is 0.00283. The Labute approximate surface area is 478 Å². The second kappa shape index (κ2) is 37.4. The maximum absolute atomic E-state index is 14.6. The number of nitrogens with one attached hydrogen (secondary N) is 4. The third-order valence-electron chi connectivity index (χ3n) is 15.4. The molecule has 1 aliphatic heterocycles. The van der Waals surface area contributed by atoms with Crippen molar-refractivity contribution < 1.29 is 67.1 Å². The highest BCUT2D eigenvalue weighted by molar-refractivity contribution is 5.89. The summed E-state index contributed by atoms with van der Waals surface area (Å²) in [4.78, 5) is 100. The summed E-state index contributed by atoms with van der Waals surface area (Å²) in [7, 11) is 10.4. The first-order chi connectivity index (χ1) is 37.9. The molecule has 0 saturated carbocycles. The normalized spacial score (nSPS) is 18.2. The molecule has 0 spiro atoms. The molecule has 458 valence electrons. The van der Waals surface area contributed by atoms with Crippen LogP contribution in [0.2, 0.25) is 0 Å². The zero-order valence-corrected chi connectivity index (χ0v) is 51.2. The smallest absolute Gasteiger partial charge is 0.328 e. The molecule has 0 radical (unpaired) electrons. The minimum atomic E-state index is -0.981. The lowest BCUT2D eigenvalue weighted by Crippen LogP contribution is -2.60. The van der Waals surface area contributed by atoms with Gasteiger partial charge in [-0.05, 0) is 83.4 Å². The highest BCUT2D eigenvalue weighted by Gasteiger charge is 2.43. The number of amides is 5. The van der Waals surface area contributed by atoms with Gasteiger partial charge in [0.15, 0.2) is 6.29 Å². The Hall–Kier alpha value is -4.77. The number of ether oxygens (including phenoxy) is 6. The topological polar surface area (TPSA) is 253 Å². The van der Waals surface area contributed by atoms with Crippen LogP contribution in [0.4, 0.5) is 0 Å². The molecule has 1 saturated heterocycles. The first-order valence-electron chi connectivity index (χ1n) is 29.0. The largest absolute Gasteiger partial charge is 0.464 e. The first kappa shape index (κ1) is 71.3. The van der Waals surface area contributed by atoms with Crippen molar-refractivity contribution in [2.45, 2.75) is 200 Å². The lowest BCUT2D eigenvalue weighted by atomic mass is 9.89. The number of rotatable bonds is 39. The van der Waals surface area contributed by atoms with Gasteiger partial charge in [-0.25, -0.2) is 4.79 Å². The molecule has 0 aromatic heterocycles. The van der Waals surface area contributed by atoms with Crippen molar-refractivity contribution in [3.05, 3.63) is 35.9 Å². The number of benzene rings is 1. The number of aliphatic hydroxyl groups excluding tert-OH is 1. The van der Waals surface area contributed by atoms with Crippen LogP contribution in [0.3, 0.4) is 0 Å². The molecule has 2 rings (SSSR count). The van der Waals surface area contributed by atoms with Crippen LogP contribution in [0.1, 0.15) is 133 Å². The molecule has 5 N–H and O–H groups in total. The Morgan fingerprint density at radius 2 is 1.46 bits per heavy atom. The van der Waals surface area contributed by atoms with Gasteiger partial charge in [0.2, 0.25) is 29.5 Å². The molecule has 21 nitrogen and oxygen atoms in total. The fraction of sp³-hybridized carbons (Fsp3) is 0.780. The van der Waals surface area contributed by atoms with Gasteiger partial charge < -0.3 is 69.5 Å². The molecule has 5 amide bonds. The van der Waals surface area contributed by atoms with E-state index in [0.717, 1.165) is 12.0 Å². The predicted octanol–water partition coefficient (Wildman–Crippen LogP) is 4.25. The molecule has 13 atom stereocenters. The number of likely N-dealkylation sites (tertiary alicyclic amines) is 1. The van der Waals surface area contributed by atoms with Crippen molar-refractivity contribution in [3.63, 3.8) is 0 Å². The predicted molar refractivity (Wildman–Crippen MR) is 306 cm³/mol. The monoisotopic (exact) mass is 1130 g/mol. The van der Waals surface area contributed by atoms with Crippen LogP contribution in [0, 0.1) is 23.7 Å². The van der Waals surface area contributed by atoms with E-state index in [1.807, 2.05) is 58.2 Å². The first-order valence-corrected chi connectivity index (χ1v) is 29.0. The number of esters is 2. The number of carbonyl (C=O) groups is 7. The van der Waals surface area contributed by atoms with Crippen molar-refractivity contribution >= 4 is 41.5 Å². The van der Waals surface area contributed by atoms with Gasteiger partial charge in [0.1, 0.15) is 18.7 Å². The van der Waals surface area contributed by atoms with E-state index in [9.17, 15) is 38.7 Å². The molecule has 1 heterocycles. The quantitative estimate of drug-likeness (QED) is 0.0351. The molecular formula is C59H103N7O14. The minimum Gasteiger partial charge on any atom is -0.464 e. The van der Waals surface area contributed by atoms with Gasteiger partial charge in [0, 0.05) is 72.8 Å². The zero-order valence-electron chi connectivity index (χ0n) is 51.2. The highest BCUT2D eigenvalue weighted by atomic mass is 16.7. The molecule has 1 aromatic rings. The van der Waals surface area contributed by atoms with Gasteiger partial charge >= 0.3 is 11.9 Å². The summed E-state index contributed by atoms with van der Waals surface area (Å²) < 4.78 is 33.4. The Morgan fingerprint density at radius 1 is 0.787 bits per heavy atom. The number of hydrogen-bond donors (Lipinski definition) is 5. The van der Waals surface area contributed by atoms with Crippen molar-refractivity contribution in [2.24, 2.45) is 23.7 Å². The Kier molecular flexibility index (Phi) is 33.3. The summed E-state index contributed by atoms with van der Waals surface area (Å²) in [5.74, 6) is -3.22. The highest BCUT2D eigenvalue weighted by Crippen LogP contribution is 2.30. The van der Waals surface area contributed by atoms with Gasteiger partial charge in [-0.3, -0.25) is 28.8 Å². The number of carbonyl (C=O) groups excluding carboxylic acids is 7. The van der Waals surface area contributed by atoms with Crippen molar-refractivity contribution in [1.29, 1.82) is 0 Å². The molecule has 0 bridgehead atoms. The van der Waals surface area contributed by atoms with E-state index < -0.39 is 90.4 Å². The summed E-state index contributed by atoms with van der Waals surface area (Å²) >= 11 is 0. The fourth-order valence-corrected chi connectivity index (χ4v) is 10.8. The van der Waals surface area contributed by atoms with Crippen LogP contribution in [0.5, 0.6) is 0 Å². The lowest BCUT2D eigenvalue weighted by molar-refractivity contribution is -0.194. The van der Waals surface area contributed by atoms with E-state index in [4.69, 9.17) is 28.4 Å². The summed E-state index contributed by atoms with van der Waals surface area (Å²) in [5, 5.41) is 21.4.